The molecule has 184 valence electrons. The van der Waals surface area contributed by atoms with Crippen LogP contribution in [-0.2, 0) is 16.5 Å². The molecule has 0 fully saturated rings. The Morgan fingerprint density at radius 1 is 0.541 bits per heavy atom. The predicted octanol–water partition coefficient (Wildman–Crippen LogP) is 3.18. The average Bonchev–Trinajstić information content (AvgIpc) is 3.53. The third kappa shape index (κ3) is 5.27. The second-order valence-corrected chi connectivity index (χ2v) is 7.87. The van der Waals surface area contributed by atoms with Crippen LogP contribution in [0.4, 0.5) is 0 Å². The second-order valence-electron chi connectivity index (χ2n) is 7.87. The van der Waals surface area contributed by atoms with E-state index in [1.807, 2.05) is 48.5 Å². The molecule has 0 bridgehead atoms. The van der Waals surface area contributed by atoms with Gasteiger partial charge in [0.2, 0.25) is 0 Å². The summed E-state index contributed by atoms with van der Waals surface area (Å²) in [4.78, 5) is 37.1. The van der Waals surface area contributed by atoms with Crippen LogP contribution in [0.3, 0.4) is 0 Å². The Labute approximate surface area is 221 Å². The molecule has 2 aromatic heterocycles. The molecule has 0 aliphatic heterocycles. The molecule has 0 saturated carbocycles. The van der Waals surface area contributed by atoms with E-state index < -0.39 is 11.9 Å². The summed E-state index contributed by atoms with van der Waals surface area (Å²) in [7, 11) is 0. The fourth-order valence-corrected chi connectivity index (χ4v) is 3.90. The number of fused-ring (bicyclic) bond motifs is 2. The second kappa shape index (κ2) is 10.9. The van der Waals surface area contributed by atoms with Crippen LogP contribution in [0.15, 0.2) is 97.1 Å². The minimum atomic E-state index is -1.20. The van der Waals surface area contributed by atoms with Gasteiger partial charge in [0, 0.05) is 22.3 Å². The third-order valence-electron chi connectivity index (χ3n) is 5.58. The molecule has 8 nitrogen and oxygen atoms in total. The fraction of sp³-hybridized carbons (Fsp3) is 0. The van der Waals surface area contributed by atoms with Crippen LogP contribution in [0, 0.1) is 0 Å². The number of H-pyrrole nitrogens is 2. The van der Waals surface area contributed by atoms with E-state index in [1.165, 1.54) is 12.1 Å². The molecule has 0 radical (unpaired) electrons. The van der Waals surface area contributed by atoms with E-state index in [0.29, 0.717) is 22.8 Å². The van der Waals surface area contributed by atoms with E-state index in [0.717, 1.165) is 22.1 Å². The normalized spacial score (nSPS) is 10.4. The van der Waals surface area contributed by atoms with Gasteiger partial charge >= 0.3 is 16.5 Å². The van der Waals surface area contributed by atoms with Crippen molar-refractivity contribution < 1.29 is 36.3 Å². The monoisotopic (exact) mass is 532 g/mol. The number of hydrogen-bond donors (Lipinski definition) is 2. The van der Waals surface area contributed by atoms with Crippen molar-refractivity contribution in [2.75, 3.05) is 0 Å². The van der Waals surface area contributed by atoms with Crippen LogP contribution < -0.4 is 10.2 Å². The van der Waals surface area contributed by atoms with Crippen molar-refractivity contribution in [2.24, 2.45) is 0 Å². The number of aromatic carboxylic acids is 2. The molecule has 0 spiro atoms. The predicted molar refractivity (Wildman–Crippen MR) is 132 cm³/mol. The summed E-state index contributed by atoms with van der Waals surface area (Å²) in [6, 6.07) is 28.4. The van der Waals surface area contributed by atoms with Crippen molar-refractivity contribution in [3.8, 4) is 22.8 Å². The molecule has 4 aromatic carbocycles. The summed E-state index contributed by atoms with van der Waals surface area (Å²) in [6.45, 7) is 0. The smallest absolute Gasteiger partial charge is 0.545 e. The Bertz CT molecular complexity index is 1530. The van der Waals surface area contributed by atoms with Gasteiger partial charge in [0.15, 0.2) is 0 Å². The number of aromatic amines is 2. The quantitative estimate of drug-likeness (QED) is 0.334. The standard InChI is InChI=1S/2C14H10N2O2.Ni/c2*17-14(18)10-6-2-1-5-9(10)13-15-11-7-3-4-8-12(11)16-13;/h2*1-8H,(H,15,16)(H,17,18);/q;;+2/p-2. The van der Waals surface area contributed by atoms with Gasteiger partial charge in [-0.15, -0.1) is 0 Å². The molecule has 2 N–H and O–H groups in total. The molecule has 6 rings (SSSR count). The molecule has 0 atom stereocenters. The van der Waals surface area contributed by atoms with Gasteiger partial charge in [0.05, 0.1) is 34.0 Å². The molecule has 37 heavy (non-hydrogen) atoms. The topological polar surface area (TPSA) is 138 Å². The molecule has 2 heterocycles. The zero-order valence-corrected chi connectivity index (χ0v) is 20.1. The van der Waals surface area contributed by atoms with E-state index in [9.17, 15) is 19.8 Å². The first-order chi connectivity index (χ1) is 17.5. The number of nitrogens with one attached hydrogen (secondary N) is 2. The van der Waals surface area contributed by atoms with E-state index in [1.54, 1.807) is 36.4 Å². The maximum atomic E-state index is 11.1. The summed E-state index contributed by atoms with van der Waals surface area (Å²) < 4.78 is 0. The average molecular weight is 533 g/mol. The molecule has 6 aromatic rings. The molecule has 9 heteroatoms. The first-order valence-corrected chi connectivity index (χ1v) is 11.0. The Kier molecular flexibility index (Phi) is 7.46. The number of hydrogen-bond acceptors (Lipinski definition) is 6. The zero-order valence-electron chi connectivity index (χ0n) is 19.1. The number of nitrogens with zero attached hydrogens (tertiary/aromatic N) is 2. The van der Waals surface area contributed by atoms with Gasteiger partial charge in [-0.2, -0.15) is 0 Å². The van der Waals surface area contributed by atoms with Gasteiger partial charge in [-0.25, -0.2) is 9.97 Å². The van der Waals surface area contributed by atoms with Crippen molar-refractivity contribution in [1.82, 2.24) is 19.9 Å². The van der Waals surface area contributed by atoms with Crippen molar-refractivity contribution in [3.05, 3.63) is 108 Å². The van der Waals surface area contributed by atoms with Crippen LogP contribution in [0.1, 0.15) is 20.7 Å². The van der Waals surface area contributed by atoms with Crippen molar-refractivity contribution >= 4 is 34.0 Å². The van der Waals surface area contributed by atoms with Crippen LogP contribution in [0.2, 0.25) is 0 Å². The van der Waals surface area contributed by atoms with Crippen molar-refractivity contribution in [3.63, 3.8) is 0 Å². The van der Waals surface area contributed by atoms with E-state index >= 15 is 0 Å². The van der Waals surface area contributed by atoms with Gasteiger partial charge in [0.1, 0.15) is 11.6 Å². The summed E-state index contributed by atoms with van der Waals surface area (Å²) in [5, 5.41) is 22.1. The number of rotatable bonds is 4. The van der Waals surface area contributed by atoms with Crippen LogP contribution in [0.5, 0.6) is 0 Å². The minimum absolute atomic E-state index is 0. The van der Waals surface area contributed by atoms with E-state index in [2.05, 4.69) is 19.9 Å². The van der Waals surface area contributed by atoms with E-state index in [4.69, 9.17) is 0 Å². The number of imidazole rings is 2. The van der Waals surface area contributed by atoms with Gasteiger partial charge < -0.3 is 29.8 Å². The SMILES string of the molecule is O=C([O-])c1ccccc1-c1nc2ccccc2[nH]1.O=C([O-])c1ccccc1-c1nc2ccccc2[nH]1.[Ni+2]. The number of carbonyl (C=O) groups is 2. The maximum absolute atomic E-state index is 11.1. The van der Waals surface area contributed by atoms with Gasteiger partial charge in [-0.3, -0.25) is 0 Å². The van der Waals surface area contributed by atoms with Crippen LogP contribution in [-0.4, -0.2) is 31.9 Å². The molecule has 0 saturated heterocycles. The number of carbonyl (C=O) groups excluding carboxylic acids is 2. The van der Waals surface area contributed by atoms with Gasteiger partial charge in [0.25, 0.3) is 0 Å². The Morgan fingerprint density at radius 3 is 1.27 bits per heavy atom. The summed E-state index contributed by atoms with van der Waals surface area (Å²) in [6.07, 6.45) is 0. The fourth-order valence-electron chi connectivity index (χ4n) is 3.90. The maximum Gasteiger partial charge on any atom is 2.00 e. The number of benzene rings is 4. The van der Waals surface area contributed by atoms with Crippen LogP contribution >= 0.6 is 0 Å². The first-order valence-electron chi connectivity index (χ1n) is 11.0. The van der Waals surface area contributed by atoms with Gasteiger partial charge in [-0.05, 0) is 24.3 Å². The Hall–Kier alpha value is -4.75. The molecule has 0 aliphatic carbocycles. The first kappa shape index (κ1) is 25.3. The minimum Gasteiger partial charge on any atom is -0.545 e. The molecule has 0 amide bonds. The molecule has 0 unspecified atom stereocenters. The number of para-hydroxylation sites is 4. The third-order valence-corrected chi connectivity index (χ3v) is 5.58. The Morgan fingerprint density at radius 2 is 0.892 bits per heavy atom. The number of carboxylic acids is 2. The van der Waals surface area contributed by atoms with Crippen molar-refractivity contribution in [1.29, 1.82) is 0 Å². The Balaban J connectivity index is 0.000000168. The summed E-state index contributed by atoms with van der Waals surface area (Å²) >= 11 is 0. The van der Waals surface area contributed by atoms with E-state index in [-0.39, 0.29) is 27.6 Å². The molecule has 0 aliphatic rings. The molecular formula is C28H18N4NiO4. The zero-order chi connectivity index (χ0) is 25.1. The summed E-state index contributed by atoms with van der Waals surface area (Å²) in [5.74, 6) is -1.33. The van der Waals surface area contributed by atoms with Crippen LogP contribution in [0.25, 0.3) is 44.8 Å². The largest absolute Gasteiger partial charge is 2.00 e. The van der Waals surface area contributed by atoms with Gasteiger partial charge in [-0.1, -0.05) is 72.8 Å². The number of carboxylic acid groups (broad SMARTS) is 2. The number of aromatic nitrogens is 4. The van der Waals surface area contributed by atoms with Crippen molar-refractivity contribution in [2.45, 2.75) is 0 Å². The molecular weight excluding hydrogens is 515 g/mol. The summed E-state index contributed by atoms with van der Waals surface area (Å²) in [5.41, 5.74) is 4.71.